The van der Waals surface area contributed by atoms with Crippen molar-refractivity contribution >= 4 is 33.5 Å². The fourth-order valence-corrected chi connectivity index (χ4v) is 5.27. The van der Waals surface area contributed by atoms with E-state index in [2.05, 4.69) is 15.1 Å². The van der Waals surface area contributed by atoms with E-state index in [1.54, 1.807) is 13.2 Å². The zero-order valence-corrected chi connectivity index (χ0v) is 17.5. The van der Waals surface area contributed by atoms with Crippen molar-refractivity contribution in [3.05, 3.63) is 56.1 Å². The van der Waals surface area contributed by atoms with E-state index < -0.39 is 5.25 Å². The summed E-state index contributed by atoms with van der Waals surface area (Å²) in [5, 5.41) is 4.26. The van der Waals surface area contributed by atoms with Crippen molar-refractivity contribution in [2.45, 2.75) is 31.1 Å². The number of fused-ring (bicyclic) bond motifs is 2. The average Bonchev–Trinajstić information content (AvgIpc) is 3.09. The molecule has 0 saturated carbocycles. The highest BCUT2D eigenvalue weighted by molar-refractivity contribution is 8.14. The molecule has 156 valence electrons. The maximum absolute atomic E-state index is 13.0. The summed E-state index contributed by atoms with van der Waals surface area (Å²) in [5.74, 6) is 1.30. The number of nitrogens with one attached hydrogen (secondary N) is 2. The van der Waals surface area contributed by atoms with Gasteiger partial charge in [0.1, 0.15) is 5.75 Å². The van der Waals surface area contributed by atoms with Crippen LogP contribution in [0.15, 0.2) is 38.8 Å². The first-order valence-corrected chi connectivity index (χ1v) is 10.8. The van der Waals surface area contributed by atoms with Crippen molar-refractivity contribution < 1.29 is 9.47 Å². The number of benzene rings is 1. The van der Waals surface area contributed by atoms with Gasteiger partial charge in [-0.1, -0.05) is 11.8 Å². The molecular formula is C21H22N4O4S. The molecule has 8 nitrogen and oxygen atoms in total. The first-order valence-electron chi connectivity index (χ1n) is 9.90. The molecule has 1 atom stereocenters. The van der Waals surface area contributed by atoms with Gasteiger partial charge in [0.2, 0.25) is 0 Å². The van der Waals surface area contributed by atoms with Gasteiger partial charge in [-0.25, -0.2) is 4.99 Å². The lowest BCUT2D eigenvalue weighted by Gasteiger charge is -2.26. The summed E-state index contributed by atoms with van der Waals surface area (Å²) in [6.45, 7) is 3.23. The van der Waals surface area contributed by atoms with Crippen LogP contribution in [0.5, 0.6) is 5.75 Å². The van der Waals surface area contributed by atoms with Crippen LogP contribution < -0.4 is 15.9 Å². The number of aliphatic imine (C=N–C) groups is 1. The molecule has 2 aromatic heterocycles. The molecule has 0 radical (unpaired) electrons. The number of nitrogens with zero attached hydrogens (tertiary/aromatic N) is 2. The SMILES string of the molecule is COc1ccc2cc([C@@H]3SC(C)=Nc4c3c(=O)[nH]n4C3CCOCC3)c(=O)[nH]c2c1. The Morgan fingerprint density at radius 1 is 1.20 bits per heavy atom. The van der Waals surface area contributed by atoms with Crippen LogP contribution >= 0.6 is 11.8 Å². The van der Waals surface area contributed by atoms with Gasteiger partial charge in [0.25, 0.3) is 11.1 Å². The minimum absolute atomic E-state index is 0.137. The van der Waals surface area contributed by atoms with E-state index in [1.165, 1.54) is 11.8 Å². The summed E-state index contributed by atoms with van der Waals surface area (Å²) in [4.78, 5) is 33.6. The predicted octanol–water partition coefficient (Wildman–Crippen LogP) is 3.26. The fraction of sp³-hybridized carbons (Fsp3) is 0.381. The van der Waals surface area contributed by atoms with Gasteiger partial charge in [-0.2, -0.15) is 0 Å². The highest BCUT2D eigenvalue weighted by Crippen LogP contribution is 2.44. The topological polar surface area (TPSA) is 101 Å². The van der Waals surface area contributed by atoms with Gasteiger partial charge in [-0.3, -0.25) is 19.4 Å². The maximum Gasteiger partial charge on any atom is 0.271 e. The maximum atomic E-state index is 13.0. The van der Waals surface area contributed by atoms with Crippen molar-refractivity contribution in [3.63, 3.8) is 0 Å². The van der Waals surface area contributed by atoms with Crippen molar-refractivity contribution in [3.8, 4) is 5.75 Å². The van der Waals surface area contributed by atoms with Gasteiger partial charge in [-0.15, -0.1) is 0 Å². The second-order valence-corrected chi connectivity index (χ2v) is 8.83. The van der Waals surface area contributed by atoms with E-state index in [-0.39, 0.29) is 17.2 Å². The van der Waals surface area contributed by atoms with Gasteiger partial charge in [0.15, 0.2) is 5.82 Å². The van der Waals surface area contributed by atoms with Crippen LogP contribution in [-0.2, 0) is 4.74 Å². The largest absolute Gasteiger partial charge is 0.497 e. The summed E-state index contributed by atoms with van der Waals surface area (Å²) in [6.07, 6.45) is 1.64. The molecule has 30 heavy (non-hydrogen) atoms. The average molecular weight is 426 g/mol. The highest BCUT2D eigenvalue weighted by Gasteiger charge is 2.33. The van der Waals surface area contributed by atoms with E-state index in [1.807, 2.05) is 29.8 Å². The van der Waals surface area contributed by atoms with Gasteiger partial charge < -0.3 is 14.5 Å². The molecule has 0 bridgehead atoms. The Balaban J connectivity index is 1.64. The Kier molecular flexibility index (Phi) is 4.79. The number of thioether (sulfide) groups is 1. The van der Waals surface area contributed by atoms with E-state index in [4.69, 9.17) is 9.47 Å². The van der Waals surface area contributed by atoms with Gasteiger partial charge in [0.05, 0.1) is 34.5 Å². The number of aromatic amines is 2. The molecule has 1 aromatic carbocycles. The Morgan fingerprint density at radius 3 is 2.77 bits per heavy atom. The number of aromatic nitrogens is 3. The number of pyridine rings is 1. The number of methoxy groups -OCH3 is 1. The van der Waals surface area contributed by atoms with E-state index in [9.17, 15) is 9.59 Å². The molecule has 0 aliphatic carbocycles. The summed E-state index contributed by atoms with van der Waals surface area (Å²) in [6, 6.07) is 7.55. The third-order valence-corrected chi connectivity index (χ3v) is 6.83. The number of H-pyrrole nitrogens is 2. The molecule has 2 N–H and O–H groups in total. The molecule has 2 aliphatic heterocycles. The Hall–Kier alpha value is -2.78. The third kappa shape index (κ3) is 3.18. The minimum Gasteiger partial charge on any atom is -0.497 e. The third-order valence-electron chi connectivity index (χ3n) is 5.67. The van der Waals surface area contributed by atoms with Crippen molar-refractivity contribution in [2.75, 3.05) is 20.3 Å². The van der Waals surface area contributed by atoms with E-state index in [0.717, 1.165) is 23.3 Å². The molecule has 0 unspecified atom stereocenters. The first-order chi connectivity index (χ1) is 14.5. The molecule has 4 heterocycles. The normalized spacial score (nSPS) is 19.5. The van der Waals surface area contributed by atoms with Crippen LogP contribution in [0.2, 0.25) is 0 Å². The lowest BCUT2D eigenvalue weighted by atomic mass is 10.0. The van der Waals surface area contributed by atoms with Crippen LogP contribution in [0, 0.1) is 0 Å². The molecule has 1 saturated heterocycles. The summed E-state index contributed by atoms with van der Waals surface area (Å²) < 4.78 is 12.6. The van der Waals surface area contributed by atoms with Gasteiger partial charge in [-0.05, 0) is 43.4 Å². The zero-order valence-electron chi connectivity index (χ0n) is 16.7. The second-order valence-electron chi connectivity index (χ2n) is 7.53. The smallest absolute Gasteiger partial charge is 0.271 e. The molecule has 1 fully saturated rings. The molecule has 5 rings (SSSR count). The standard InChI is InChI=1S/C21H22N4O4S/c1-11-22-19-17(21(27)24-25(19)13-5-7-29-8-6-13)18(30-11)15-9-12-3-4-14(28-2)10-16(12)23-20(15)26/h3-4,9-10,13,18H,5-8H2,1-2H3,(H,23,26)(H,24,27)/t18-/m0/s1. The Morgan fingerprint density at radius 2 is 2.00 bits per heavy atom. The molecule has 0 amide bonds. The van der Waals surface area contributed by atoms with Crippen molar-refractivity contribution in [2.24, 2.45) is 4.99 Å². The number of ether oxygens (including phenoxy) is 2. The quantitative estimate of drug-likeness (QED) is 0.669. The minimum atomic E-state index is -0.419. The van der Waals surface area contributed by atoms with Crippen molar-refractivity contribution in [1.82, 2.24) is 14.8 Å². The van der Waals surface area contributed by atoms with Crippen LogP contribution in [0.1, 0.15) is 42.2 Å². The number of hydrogen-bond acceptors (Lipinski definition) is 6. The summed E-state index contributed by atoms with van der Waals surface area (Å²) >= 11 is 1.43. The second kappa shape index (κ2) is 7.48. The lowest BCUT2D eigenvalue weighted by molar-refractivity contribution is 0.0666. The van der Waals surface area contributed by atoms with Crippen LogP contribution in [-0.4, -0.2) is 40.1 Å². The highest BCUT2D eigenvalue weighted by atomic mass is 32.2. The molecule has 2 aliphatic rings. The zero-order chi connectivity index (χ0) is 20.8. The molecular weight excluding hydrogens is 404 g/mol. The Bertz CT molecular complexity index is 1270. The molecule has 9 heteroatoms. The number of rotatable bonds is 3. The Labute approximate surface area is 176 Å². The molecule has 0 spiro atoms. The fourth-order valence-electron chi connectivity index (χ4n) is 4.15. The van der Waals surface area contributed by atoms with Crippen molar-refractivity contribution in [1.29, 1.82) is 0 Å². The lowest BCUT2D eigenvalue weighted by Crippen LogP contribution is -2.21. The van der Waals surface area contributed by atoms with Gasteiger partial charge >= 0.3 is 0 Å². The summed E-state index contributed by atoms with van der Waals surface area (Å²) in [5.41, 5.74) is 1.37. The van der Waals surface area contributed by atoms with E-state index >= 15 is 0 Å². The van der Waals surface area contributed by atoms with Crippen LogP contribution in [0.25, 0.3) is 10.9 Å². The number of hydrogen-bond donors (Lipinski definition) is 2. The monoisotopic (exact) mass is 426 g/mol. The van der Waals surface area contributed by atoms with Gasteiger partial charge in [0, 0.05) is 24.8 Å². The van der Waals surface area contributed by atoms with Crippen LogP contribution in [0.4, 0.5) is 5.82 Å². The molecule has 3 aromatic rings. The summed E-state index contributed by atoms with van der Waals surface area (Å²) in [7, 11) is 1.59. The van der Waals surface area contributed by atoms with Crippen LogP contribution in [0.3, 0.4) is 0 Å². The first kappa shape index (κ1) is 19.2. The predicted molar refractivity (Wildman–Crippen MR) is 117 cm³/mol. The van der Waals surface area contributed by atoms with E-state index in [0.29, 0.717) is 41.4 Å².